The van der Waals surface area contributed by atoms with Gasteiger partial charge in [-0.1, -0.05) is 48.0 Å². The van der Waals surface area contributed by atoms with Crippen molar-refractivity contribution >= 4 is 29.3 Å². The molecule has 0 atom stereocenters. The van der Waals surface area contributed by atoms with Crippen LogP contribution in [0.4, 0.5) is 5.69 Å². The number of carbonyl (C=O) groups is 1. The highest BCUT2D eigenvalue weighted by molar-refractivity contribution is 6.31. The number of anilines is 1. The molecular weight excluding hydrogens is 334 g/mol. The highest BCUT2D eigenvalue weighted by Gasteiger charge is 2.04. The molecule has 0 aliphatic rings. The minimum absolute atomic E-state index is 0.207. The van der Waals surface area contributed by atoms with Gasteiger partial charge in [0.15, 0.2) is 0 Å². The van der Waals surface area contributed by atoms with Gasteiger partial charge in [0, 0.05) is 28.5 Å². The molecule has 0 unspecified atom stereocenters. The molecule has 0 radical (unpaired) electrons. The number of rotatable bonds is 5. The van der Waals surface area contributed by atoms with Crippen molar-refractivity contribution in [3.05, 3.63) is 88.7 Å². The minimum Gasteiger partial charge on any atom is -0.322 e. The summed E-state index contributed by atoms with van der Waals surface area (Å²) < 4.78 is 1.84. The fourth-order valence-corrected chi connectivity index (χ4v) is 2.59. The van der Waals surface area contributed by atoms with Gasteiger partial charge in [-0.25, -0.2) is 0 Å². The van der Waals surface area contributed by atoms with E-state index in [9.17, 15) is 4.79 Å². The smallest absolute Gasteiger partial charge is 0.248 e. The third kappa shape index (κ3) is 4.58. The van der Waals surface area contributed by atoms with Crippen LogP contribution >= 0.6 is 11.6 Å². The van der Waals surface area contributed by atoms with Crippen LogP contribution in [0.15, 0.2) is 67.0 Å². The van der Waals surface area contributed by atoms with Crippen LogP contribution in [-0.4, -0.2) is 15.7 Å². The summed E-state index contributed by atoms with van der Waals surface area (Å²) in [6.45, 7) is 2.57. The first-order chi connectivity index (χ1) is 12.1. The third-order valence-electron chi connectivity index (χ3n) is 3.79. The van der Waals surface area contributed by atoms with Crippen molar-refractivity contribution in [1.82, 2.24) is 9.78 Å². The largest absolute Gasteiger partial charge is 0.322 e. The molecule has 0 aliphatic heterocycles. The molecule has 0 fully saturated rings. The van der Waals surface area contributed by atoms with Crippen molar-refractivity contribution in [2.75, 3.05) is 5.32 Å². The Balaban J connectivity index is 1.62. The number of nitrogens with zero attached hydrogens (tertiary/aromatic N) is 2. The highest BCUT2D eigenvalue weighted by Crippen LogP contribution is 2.22. The van der Waals surface area contributed by atoms with Crippen molar-refractivity contribution < 1.29 is 4.79 Å². The normalized spacial score (nSPS) is 11.0. The fourth-order valence-electron chi connectivity index (χ4n) is 2.41. The van der Waals surface area contributed by atoms with Gasteiger partial charge in [0.1, 0.15) is 0 Å². The van der Waals surface area contributed by atoms with Crippen LogP contribution in [0.3, 0.4) is 0 Å². The molecule has 3 aromatic rings. The van der Waals surface area contributed by atoms with E-state index in [1.807, 2.05) is 48.1 Å². The summed E-state index contributed by atoms with van der Waals surface area (Å²) in [5, 5.41) is 7.77. The van der Waals surface area contributed by atoms with Crippen LogP contribution in [0, 0.1) is 6.92 Å². The zero-order valence-electron chi connectivity index (χ0n) is 13.8. The van der Waals surface area contributed by atoms with E-state index in [4.69, 9.17) is 11.6 Å². The van der Waals surface area contributed by atoms with E-state index >= 15 is 0 Å². The molecular formula is C20H18ClN3O. The second-order valence-corrected chi connectivity index (χ2v) is 6.10. The molecule has 0 aliphatic carbocycles. The molecule has 0 saturated heterocycles. The molecule has 2 aromatic carbocycles. The second-order valence-electron chi connectivity index (χ2n) is 5.69. The maximum Gasteiger partial charge on any atom is 0.248 e. The van der Waals surface area contributed by atoms with Crippen LogP contribution in [0.1, 0.15) is 16.7 Å². The van der Waals surface area contributed by atoms with Crippen molar-refractivity contribution in [3.63, 3.8) is 0 Å². The molecule has 3 rings (SSSR count). The minimum atomic E-state index is -0.207. The molecule has 0 bridgehead atoms. The van der Waals surface area contributed by atoms with Gasteiger partial charge in [-0.2, -0.15) is 5.10 Å². The molecule has 5 heteroatoms. The lowest BCUT2D eigenvalue weighted by atomic mass is 10.2. The lowest BCUT2D eigenvalue weighted by Gasteiger charge is -2.07. The van der Waals surface area contributed by atoms with Crippen LogP contribution in [0.25, 0.3) is 6.08 Å². The average molecular weight is 352 g/mol. The van der Waals surface area contributed by atoms with E-state index in [2.05, 4.69) is 22.5 Å². The molecule has 1 heterocycles. The molecule has 1 amide bonds. The van der Waals surface area contributed by atoms with E-state index in [0.29, 0.717) is 17.3 Å². The molecule has 0 spiro atoms. The van der Waals surface area contributed by atoms with Crippen molar-refractivity contribution in [1.29, 1.82) is 0 Å². The Morgan fingerprint density at radius 2 is 2.00 bits per heavy atom. The maximum absolute atomic E-state index is 12.1. The first-order valence-corrected chi connectivity index (χ1v) is 8.30. The number of amides is 1. The van der Waals surface area contributed by atoms with Gasteiger partial charge in [-0.3, -0.25) is 9.48 Å². The van der Waals surface area contributed by atoms with Gasteiger partial charge in [0.2, 0.25) is 5.91 Å². The zero-order chi connectivity index (χ0) is 17.6. The molecule has 4 nitrogen and oxygen atoms in total. The summed E-state index contributed by atoms with van der Waals surface area (Å²) in [5.41, 5.74) is 3.60. The standard InChI is InChI=1S/C20H18ClN3O/c1-15-18(21)8-5-9-19(15)23-20(25)11-10-17-12-22-24(14-17)13-16-6-3-2-4-7-16/h2-12,14H,13H2,1H3,(H,23,25)/b11-10+. The predicted molar refractivity (Wildman–Crippen MR) is 102 cm³/mol. The Kier molecular flexibility index (Phi) is 5.31. The lowest BCUT2D eigenvalue weighted by Crippen LogP contribution is -2.08. The molecule has 126 valence electrons. The monoisotopic (exact) mass is 351 g/mol. The summed E-state index contributed by atoms with van der Waals surface area (Å²) in [5.74, 6) is -0.207. The average Bonchev–Trinajstić information content (AvgIpc) is 3.05. The fraction of sp³-hybridized carbons (Fsp3) is 0.100. The van der Waals surface area contributed by atoms with Crippen molar-refractivity contribution in [3.8, 4) is 0 Å². The van der Waals surface area contributed by atoms with Crippen LogP contribution < -0.4 is 5.32 Å². The highest BCUT2D eigenvalue weighted by atomic mass is 35.5. The molecule has 25 heavy (non-hydrogen) atoms. The van der Waals surface area contributed by atoms with Crippen molar-refractivity contribution in [2.24, 2.45) is 0 Å². The number of aromatic nitrogens is 2. The van der Waals surface area contributed by atoms with E-state index in [1.54, 1.807) is 18.3 Å². The number of carbonyl (C=O) groups excluding carboxylic acids is 1. The summed E-state index contributed by atoms with van der Waals surface area (Å²) in [7, 11) is 0. The Bertz CT molecular complexity index is 900. The van der Waals surface area contributed by atoms with Gasteiger partial charge in [-0.15, -0.1) is 0 Å². The van der Waals surface area contributed by atoms with E-state index in [1.165, 1.54) is 11.6 Å². The summed E-state index contributed by atoms with van der Waals surface area (Å²) in [6, 6.07) is 15.5. The van der Waals surface area contributed by atoms with Gasteiger partial charge < -0.3 is 5.32 Å². The van der Waals surface area contributed by atoms with E-state index in [0.717, 1.165) is 11.1 Å². The second kappa shape index (κ2) is 7.81. The molecule has 1 aromatic heterocycles. The van der Waals surface area contributed by atoms with Gasteiger partial charge in [0.25, 0.3) is 0 Å². The third-order valence-corrected chi connectivity index (χ3v) is 4.20. The number of hydrogen-bond donors (Lipinski definition) is 1. The first-order valence-electron chi connectivity index (χ1n) is 7.92. The zero-order valence-corrected chi connectivity index (χ0v) is 14.6. The quantitative estimate of drug-likeness (QED) is 0.686. The number of benzene rings is 2. The Morgan fingerprint density at radius 3 is 2.80 bits per heavy atom. The number of halogens is 1. The van der Waals surface area contributed by atoms with E-state index < -0.39 is 0 Å². The lowest BCUT2D eigenvalue weighted by molar-refractivity contribution is -0.111. The number of nitrogens with one attached hydrogen (secondary N) is 1. The first kappa shape index (κ1) is 17.0. The Morgan fingerprint density at radius 1 is 1.20 bits per heavy atom. The Hall–Kier alpha value is -2.85. The van der Waals surface area contributed by atoms with Crippen LogP contribution in [0.2, 0.25) is 5.02 Å². The van der Waals surface area contributed by atoms with Gasteiger partial charge in [0.05, 0.1) is 12.7 Å². The topological polar surface area (TPSA) is 46.9 Å². The van der Waals surface area contributed by atoms with Crippen molar-refractivity contribution in [2.45, 2.75) is 13.5 Å². The summed E-state index contributed by atoms with van der Waals surface area (Å²) in [6.07, 6.45) is 6.87. The van der Waals surface area contributed by atoms with E-state index in [-0.39, 0.29) is 5.91 Å². The van der Waals surface area contributed by atoms with Crippen LogP contribution in [-0.2, 0) is 11.3 Å². The van der Waals surface area contributed by atoms with Gasteiger partial charge in [-0.05, 0) is 36.3 Å². The number of hydrogen-bond acceptors (Lipinski definition) is 2. The summed E-state index contributed by atoms with van der Waals surface area (Å²) >= 11 is 6.06. The SMILES string of the molecule is Cc1c(Cl)cccc1NC(=O)/C=C/c1cnn(Cc2ccccc2)c1. The molecule has 1 N–H and O–H groups in total. The maximum atomic E-state index is 12.1. The predicted octanol–water partition coefficient (Wildman–Crippen LogP) is 4.55. The Labute approximate surface area is 151 Å². The molecule has 0 saturated carbocycles. The van der Waals surface area contributed by atoms with Gasteiger partial charge >= 0.3 is 0 Å². The summed E-state index contributed by atoms with van der Waals surface area (Å²) in [4.78, 5) is 12.1. The van der Waals surface area contributed by atoms with Crippen LogP contribution in [0.5, 0.6) is 0 Å².